The van der Waals surface area contributed by atoms with Gasteiger partial charge in [0.1, 0.15) is 5.75 Å². The van der Waals surface area contributed by atoms with Crippen molar-refractivity contribution in [1.29, 1.82) is 0 Å². The van der Waals surface area contributed by atoms with E-state index in [1.807, 2.05) is 19.9 Å². The predicted molar refractivity (Wildman–Crippen MR) is 188 cm³/mol. The van der Waals surface area contributed by atoms with Crippen LogP contribution in [0.5, 0.6) is 5.75 Å². The summed E-state index contributed by atoms with van der Waals surface area (Å²) in [7, 11) is 0. The number of carbonyl (C=O) groups is 1. The molecular weight excluding hydrogens is 657 g/mol. The first-order valence-corrected chi connectivity index (χ1v) is 19.6. The van der Waals surface area contributed by atoms with Crippen molar-refractivity contribution < 1.29 is 36.6 Å². The van der Waals surface area contributed by atoms with Gasteiger partial charge in [-0.3, -0.25) is 9.69 Å². The number of piperidine rings is 1. The largest absolute Gasteiger partial charge is 0.453 e. The normalized spacial score (nSPS) is 27.8. The zero-order valence-electron chi connectivity index (χ0n) is 30.6. The number of hydrogen-bond acceptors (Lipinski definition) is 5. The summed E-state index contributed by atoms with van der Waals surface area (Å²) in [5, 5.41) is 10.6. The lowest BCUT2D eigenvalue weighted by molar-refractivity contribution is -0.284. The maximum absolute atomic E-state index is 12.7. The van der Waals surface area contributed by atoms with Gasteiger partial charge in [0.05, 0.1) is 12.6 Å². The smallest absolute Gasteiger partial charge is 0.426 e. The van der Waals surface area contributed by atoms with Crippen molar-refractivity contribution in [3.63, 3.8) is 0 Å². The highest BCUT2D eigenvalue weighted by Crippen LogP contribution is 2.61. The fourth-order valence-electron chi connectivity index (χ4n) is 9.17. The van der Waals surface area contributed by atoms with Crippen LogP contribution < -0.4 is 4.74 Å². The highest BCUT2D eigenvalue weighted by Gasteiger charge is 2.56. The van der Waals surface area contributed by atoms with Gasteiger partial charge in [-0.05, 0) is 135 Å². The molecule has 10 heteroatoms. The Morgan fingerprint density at radius 2 is 1.71 bits per heavy atom. The molecule has 5 unspecified atom stereocenters. The third-order valence-electron chi connectivity index (χ3n) is 12.1. The molecule has 0 radical (unpaired) electrons. The number of esters is 1. The highest BCUT2D eigenvalue weighted by atomic mass is 32.2. The van der Waals surface area contributed by atoms with Crippen molar-refractivity contribution >= 4 is 17.7 Å². The Labute approximate surface area is 295 Å². The Bertz CT molecular complexity index is 1250. The van der Waals surface area contributed by atoms with Crippen LogP contribution in [0.3, 0.4) is 0 Å². The van der Waals surface area contributed by atoms with Crippen LogP contribution in [-0.2, 0) is 11.2 Å². The number of likely N-dealkylation sites (tertiary alicyclic amines) is 1. The SMILES string of the molecule is CC12CCC3c4ccc(OC(=O)CN5CCCCC5)cc4CCC3C1CCC2O.CCC(C)(C)CC(C)(C)SCCCC(F)(F)C(F)(F)F. The molecule has 1 aromatic rings. The average Bonchev–Trinajstić information content (AvgIpc) is 3.32. The number of rotatable bonds is 11. The zero-order valence-corrected chi connectivity index (χ0v) is 31.4. The van der Waals surface area contributed by atoms with Gasteiger partial charge in [0.15, 0.2) is 0 Å². The van der Waals surface area contributed by atoms with Gasteiger partial charge >= 0.3 is 18.1 Å². The van der Waals surface area contributed by atoms with E-state index in [0.717, 1.165) is 45.2 Å². The lowest BCUT2D eigenvalue weighted by Gasteiger charge is -2.50. The van der Waals surface area contributed by atoms with Gasteiger partial charge in [-0.1, -0.05) is 60.5 Å². The molecule has 5 rings (SSSR count). The summed E-state index contributed by atoms with van der Waals surface area (Å²) >= 11 is 1.47. The Hall–Kier alpha value is -1.39. The molecule has 4 aliphatic rings. The molecule has 5 atom stereocenters. The van der Waals surface area contributed by atoms with Crippen LogP contribution in [0.1, 0.15) is 136 Å². The molecule has 280 valence electrons. The van der Waals surface area contributed by atoms with Crippen LogP contribution in [0.15, 0.2) is 18.2 Å². The number of benzene rings is 1. The summed E-state index contributed by atoms with van der Waals surface area (Å²) in [6.45, 7) is 15.1. The molecule has 49 heavy (non-hydrogen) atoms. The van der Waals surface area contributed by atoms with E-state index in [-0.39, 0.29) is 34.1 Å². The van der Waals surface area contributed by atoms with E-state index in [4.69, 9.17) is 4.74 Å². The average molecular weight is 718 g/mol. The van der Waals surface area contributed by atoms with Crippen LogP contribution in [0.4, 0.5) is 22.0 Å². The monoisotopic (exact) mass is 717 g/mol. The Morgan fingerprint density at radius 3 is 2.37 bits per heavy atom. The quantitative estimate of drug-likeness (QED) is 0.107. The Kier molecular flexibility index (Phi) is 13.3. The van der Waals surface area contributed by atoms with E-state index in [1.165, 1.54) is 61.4 Å². The minimum Gasteiger partial charge on any atom is -0.426 e. The fourth-order valence-corrected chi connectivity index (χ4v) is 10.5. The number of fused-ring (bicyclic) bond motifs is 5. The molecule has 0 bridgehead atoms. The second-order valence-corrected chi connectivity index (χ2v) is 18.6. The van der Waals surface area contributed by atoms with Gasteiger partial charge in [-0.2, -0.15) is 33.7 Å². The van der Waals surface area contributed by atoms with Crippen molar-refractivity contribution in [1.82, 2.24) is 4.90 Å². The molecule has 0 spiro atoms. The number of aliphatic hydroxyl groups is 1. The summed E-state index contributed by atoms with van der Waals surface area (Å²) in [5.41, 5.74) is 3.12. The molecule has 1 saturated heterocycles. The van der Waals surface area contributed by atoms with Crippen molar-refractivity contribution in [2.24, 2.45) is 22.7 Å². The minimum atomic E-state index is -5.43. The first-order chi connectivity index (χ1) is 22.8. The van der Waals surface area contributed by atoms with Gasteiger partial charge < -0.3 is 9.84 Å². The van der Waals surface area contributed by atoms with E-state index in [0.29, 0.717) is 35.8 Å². The molecule has 2 saturated carbocycles. The number of aliphatic hydroxyl groups excluding tert-OH is 1. The predicted octanol–water partition coefficient (Wildman–Crippen LogP) is 10.6. The molecule has 4 nitrogen and oxygen atoms in total. The van der Waals surface area contributed by atoms with E-state index < -0.39 is 18.5 Å². The number of alkyl halides is 5. The lowest BCUT2D eigenvalue weighted by Crippen LogP contribution is -2.43. The van der Waals surface area contributed by atoms with Crippen molar-refractivity contribution in [3.8, 4) is 5.75 Å². The third-order valence-corrected chi connectivity index (χ3v) is 13.5. The Balaban J connectivity index is 0.000000240. The summed E-state index contributed by atoms with van der Waals surface area (Å²) in [4.78, 5) is 14.6. The van der Waals surface area contributed by atoms with Gasteiger partial charge in [0.25, 0.3) is 0 Å². The molecular formula is C39H60F5NO3S. The van der Waals surface area contributed by atoms with Gasteiger partial charge in [0, 0.05) is 11.2 Å². The summed E-state index contributed by atoms with van der Waals surface area (Å²) in [6, 6.07) is 6.35. The molecule has 3 aliphatic carbocycles. The molecule has 1 heterocycles. The first kappa shape index (κ1) is 40.4. The minimum absolute atomic E-state index is 0.114. The number of aryl methyl sites for hydroxylation is 1. The van der Waals surface area contributed by atoms with E-state index in [9.17, 15) is 31.9 Å². The summed E-state index contributed by atoms with van der Waals surface area (Å²) < 4.78 is 67.1. The van der Waals surface area contributed by atoms with E-state index in [1.54, 1.807) is 0 Å². The van der Waals surface area contributed by atoms with Crippen LogP contribution in [0.25, 0.3) is 0 Å². The molecule has 1 aliphatic heterocycles. The van der Waals surface area contributed by atoms with E-state index >= 15 is 0 Å². The van der Waals surface area contributed by atoms with Crippen molar-refractivity contribution in [2.45, 2.75) is 154 Å². The topological polar surface area (TPSA) is 49.8 Å². The highest BCUT2D eigenvalue weighted by molar-refractivity contribution is 8.00. The lowest BCUT2D eigenvalue weighted by atomic mass is 9.55. The molecule has 1 aromatic carbocycles. The number of halogens is 5. The summed E-state index contributed by atoms with van der Waals surface area (Å²) in [6.07, 6.45) is 5.48. The number of thioether (sulfide) groups is 1. The summed E-state index contributed by atoms with van der Waals surface area (Å²) in [5.74, 6) is -1.70. The first-order valence-electron chi connectivity index (χ1n) is 18.6. The van der Waals surface area contributed by atoms with Crippen LogP contribution in [0.2, 0.25) is 0 Å². The van der Waals surface area contributed by atoms with Crippen LogP contribution >= 0.6 is 11.8 Å². The number of hydrogen-bond donors (Lipinski definition) is 1. The second kappa shape index (κ2) is 16.1. The number of ether oxygens (including phenoxy) is 1. The van der Waals surface area contributed by atoms with Gasteiger partial charge in [-0.25, -0.2) is 0 Å². The zero-order chi connectivity index (χ0) is 36.3. The second-order valence-electron chi connectivity index (χ2n) is 16.8. The van der Waals surface area contributed by atoms with Crippen LogP contribution in [-0.4, -0.2) is 64.3 Å². The maximum Gasteiger partial charge on any atom is 0.453 e. The van der Waals surface area contributed by atoms with Crippen LogP contribution in [0, 0.1) is 22.7 Å². The molecule has 3 fully saturated rings. The number of nitrogens with zero attached hydrogens (tertiary/aromatic N) is 1. The van der Waals surface area contributed by atoms with Crippen molar-refractivity contribution in [2.75, 3.05) is 25.4 Å². The maximum atomic E-state index is 12.7. The standard InChI is InChI=1S/C25H35NO3.C14H25F5S/c1-25-12-11-20-19-8-6-18(29-24(28)16-26-13-3-2-4-14-26)15-17(19)5-7-21(20)22(25)9-10-23(25)27;1-6-11(2,3)10-12(4,5)20-9-7-8-13(15,16)14(17,18)19/h6,8,15,20-23,27H,2-5,7,9-14,16H2,1H3;6-10H2,1-5H3. The van der Waals surface area contributed by atoms with Gasteiger partial charge in [0.2, 0.25) is 0 Å². The molecule has 0 aromatic heterocycles. The third kappa shape index (κ3) is 10.4. The molecule has 1 N–H and O–H groups in total. The number of carbonyl (C=O) groups excluding carboxylic acids is 1. The van der Waals surface area contributed by atoms with Gasteiger partial charge in [-0.15, -0.1) is 0 Å². The van der Waals surface area contributed by atoms with Crippen molar-refractivity contribution in [3.05, 3.63) is 29.3 Å². The molecule has 0 amide bonds. The Morgan fingerprint density at radius 1 is 1.02 bits per heavy atom. The fraction of sp³-hybridized carbons (Fsp3) is 0.821. The van der Waals surface area contributed by atoms with E-state index in [2.05, 4.69) is 44.7 Å².